The molecule has 1 aromatic heterocycles. The third-order valence-corrected chi connectivity index (χ3v) is 4.82. The molecule has 0 aliphatic heterocycles. The Morgan fingerprint density at radius 2 is 2.00 bits per heavy atom. The zero-order valence-electron chi connectivity index (χ0n) is 14.2. The molecular formula is C18H26Cl2N4O. The van der Waals surface area contributed by atoms with E-state index < -0.39 is 0 Å². The summed E-state index contributed by atoms with van der Waals surface area (Å²) in [6.07, 6.45) is 11.6. The number of hydrogen-bond acceptors (Lipinski definition) is 3. The maximum atomic E-state index is 12.5. The van der Waals surface area contributed by atoms with Gasteiger partial charge in [0.05, 0.1) is 6.33 Å². The molecule has 25 heavy (non-hydrogen) atoms. The second-order valence-electron chi connectivity index (χ2n) is 6.51. The Morgan fingerprint density at radius 1 is 1.24 bits per heavy atom. The Bertz CT molecular complexity index is 655. The van der Waals surface area contributed by atoms with E-state index in [1.807, 2.05) is 35.0 Å². The number of carbonyl (C=O) groups is 1. The van der Waals surface area contributed by atoms with Gasteiger partial charge in [-0.05, 0) is 43.0 Å². The highest BCUT2D eigenvalue weighted by molar-refractivity contribution is 5.91. The first-order valence-corrected chi connectivity index (χ1v) is 8.29. The first-order valence-electron chi connectivity index (χ1n) is 8.29. The summed E-state index contributed by atoms with van der Waals surface area (Å²) in [7, 11) is 0. The molecule has 1 aromatic carbocycles. The van der Waals surface area contributed by atoms with Gasteiger partial charge in [0.15, 0.2) is 0 Å². The molecule has 0 saturated heterocycles. The lowest BCUT2D eigenvalue weighted by molar-refractivity contribution is -0.118. The molecule has 0 unspecified atom stereocenters. The van der Waals surface area contributed by atoms with E-state index in [-0.39, 0.29) is 36.1 Å². The Morgan fingerprint density at radius 3 is 2.64 bits per heavy atom. The third-order valence-electron chi connectivity index (χ3n) is 4.82. The Balaban J connectivity index is 0.00000156. The number of benzene rings is 1. The topological polar surface area (TPSA) is 72.9 Å². The number of nitrogens with two attached hydrogens (primary N) is 1. The second-order valence-corrected chi connectivity index (χ2v) is 6.51. The summed E-state index contributed by atoms with van der Waals surface area (Å²) in [5.74, 6) is 0.0557. The number of nitrogens with one attached hydrogen (secondary N) is 1. The zero-order chi connectivity index (χ0) is 16.1. The van der Waals surface area contributed by atoms with Crippen molar-refractivity contribution in [2.75, 3.05) is 11.9 Å². The first kappa shape index (κ1) is 21.5. The largest absolute Gasteiger partial charge is 0.330 e. The number of imidazole rings is 1. The Kier molecular flexibility index (Phi) is 8.42. The van der Waals surface area contributed by atoms with Crippen molar-refractivity contribution >= 4 is 36.4 Å². The predicted molar refractivity (Wildman–Crippen MR) is 106 cm³/mol. The van der Waals surface area contributed by atoms with Crippen molar-refractivity contribution in [1.29, 1.82) is 0 Å². The van der Waals surface area contributed by atoms with Gasteiger partial charge in [-0.25, -0.2) is 4.98 Å². The van der Waals surface area contributed by atoms with E-state index in [0.29, 0.717) is 13.0 Å². The van der Waals surface area contributed by atoms with E-state index in [2.05, 4.69) is 10.3 Å². The quantitative estimate of drug-likeness (QED) is 0.819. The molecule has 0 spiro atoms. The van der Waals surface area contributed by atoms with Crippen LogP contribution in [-0.4, -0.2) is 22.0 Å². The van der Waals surface area contributed by atoms with Gasteiger partial charge >= 0.3 is 0 Å². The standard InChI is InChI=1S/C18H24N4O.2ClH/c19-13-18(7-2-1-3-8-18)12-17(23)21-15-5-4-6-16(11-15)22-10-9-20-14-22;;/h4-6,9-11,14H,1-3,7-8,12-13,19H2,(H,21,23);2*1H. The highest BCUT2D eigenvalue weighted by atomic mass is 35.5. The van der Waals surface area contributed by atoms with Crippen LogP contribution in [0.3, 0.4) is 0 Å². The number of rotatable bonds is 5. The van der Waals surface area contributed by atoms with Crippen molar-refractivity contribution < 1.29 is 4.79 Å². The zero-order valence-corrected chi connectivity index (χ0v) is 15.8. The van der Waals surface area contributed by atoms with Gasteiger partial charge in [0, 0.05) is 30.2 Å². The summed E-state index contributed by atoms with van der Waals surface area (Å²) in [5.41, 5.74) is 7.76. The van der Waals surface area contributed by atoms with Gasteiger partial charge in [-0.3, -0.25) is 4.79 Å². The molecule has 1 amide bonds. The summed E-state index contributed by atoms with van der Waals surface area (Å²) in [6, 6.07) is 7.79. The fourth-order valence-electron chi connectivity index (χ4n) is 3.46. The van der Waals surface area contributed by atoms with Gasteiger partial charge in [-0.15, -0.1) is 24.8 Å². The molecule has 0 radical (unpaired) electrons. The van der Waals surface area contributed by atoms with Gasteiger partial charge in [0.25, 0.3) is 0 Å². The van der Waals surface area contributed by atoms with Crippen LogP contribution in [-0.2, 0) is 4.79 Å². The number of nitrogens with zero attached hydrogens (tertiary/aromatic N) is 2. The summed E-state index contributed by atoms with van der Waals surface area (Å²) < 4.78 is 1.91. The minimum atomic E-state index is -0.00963. The van der Waals surface area contributed by atoms with E-state index in [1.165, 1.54) is 19.3 Å². The van der Waals surface area contributed by atoms with Crippen molar-refractivity contribution in [2.45, 2.75) is 38.5 Å². The summed E-state index contributed by atoms with van der Waals surface area (Å²) in [4.78, 5) is 16.5. The molecule has 5 nitrogen and oxygen atoms in total. The SMILES string of the molecule is Cl.Cl.NCC1(CC(=O)Nc2cccc(-n3ccnc3)c2)CCCCC1. The lowest BCUT2D eigenvalue weighted by atomic mass is 9.71. The molecule has 1 aliphatic carbocycles. The molecular weight excluding hydrogens is 359 g/mol. The van der Waals surface area contributed by atoms with Crippen LogP contribution < -0.4 is 11.1 Å². The molecule has 2 aromatic rings. The number of aromatic nitrogens is 2. The summed E-state index contributed by atoms with van der Waals surface area (Å²) >= 11 is 0. The van der Waals surface area contributed by atoms with Crippen molar-refractivity contribution in [1.82, 2.24) is 9.55 Å². The Labute approximate surface area is 161 Å². The lowest BCUT2D eigenvalue weighted by Gasteiger charge is -2.35. The van der Waals surface area contributed by atoms with Crippen LogP contribution in [0.5, 0.6) is 0 Å². The smallest absolute Gasteiger partial charge is 0.224 e. The second kappa shape index (κ2) is 9.80. The van der Waals surface area contributed by atoms with E-state index in [1.54, 1.807) is 12.5 Å². The fraction of sp³-hybridized carbons (Fsp3) is 0.444. The van der Waals surface area contributed by atoms with E-state index >= 15 is 0 Å². The molecule has 3 N–H and O–H groups in total. The van der Waals surface area contributed by atoms with Crippen molar-refractivity contribution in [3.05, 3.63) is 43.0 Å². The number of amides is 1. The highest BCUT2D eigenvalue weighted by Gasteiger charge is 2.32. The minimum Gasteiger partial charge on any atom is -0.330 e. The fourth-order valence-corrected chi connectivity index (χ4v) is 3.46. The number of carbonyl (C=O) groups excluding carboxylic acids is 1. The van der Waals surface area contributed by atoms with Crippen LogP contribution in [0.2, 0.25) is 0 Å². The molecule has 0 bridgehead atoms. The van der Waals surface area contributed by atoms with Gasteiger partial charge in [-0.1, -0.05) is 25.3 Å². The maximum absolute atomic E-state index is 12.5. The lowest BCUT2D eigenvalue weighted by Crippen LogP contribution is -2.36. The monoisotopic (exact) mass is 384 g/mol. The molecule has 0 atom stereocenters. The van der Waals surface area contributed by atoms with E-state index in [4.69, 9.17) is 5.73 Å². The van der Waals surface area contributed by atoms with Gasteiger partial charge in [-0.2, -0.15) is 0 Å². The molecule has 3 rings (SSSR count). The van der Waals surface area contributed by atoms with Crippen LogP contribution in [0.25, 0.3) is 5.69 Å². The van der Waals surface area contributed by atoms with Crippen LogP contribution in [0.4, 0.5) is 5.69 Å². The average Bonchev–Trinajstić information content (AvgIpc) is 3.10. The van der Waals surface area contributed by atoms with Crippen molar-refractivity contribution in [2.24, 2.45) is 11.1 Å². The first-order chi connectivity index (χ1) is 11.2. The third kappa shape index (κ3) is 5.46. The normalized spacial score (nSPS) is 15.6. The van der Waals surface area contributed by atoms with Crippen LogP contribution >= 0.6 is 24.8 Å². The molecule has 1 fully saturated rings. The number of hydrogen-bond donors (Lipinski definition) is 2. The van der Waals surface area contributed by atoms with E-state index in [9.17, 15) is 4.79 Å². The number of halogens is 2. The average molecular weight is 385 g/mol. The van der Waals surface area contributed by atoms with Crippen LogP contribution in [0.15, 0.2) is 43.0 Å². The molecule has 138 valence electrons. The minimum absolute atomic E-state index is 0. The van der Waals surface area contributed by atoms with Crippen LogP contribution in [0.1, 0.15) is 38.5 Å². The van der Waals surface area contributed by atoms with Crippen LogP contribution in [0, 0.1) is 5.41 Å². The van der Waals surface area contributed by atoms with Gasteiger partial charge < -0.3 is 15.6 Å². The number of anilines is 1. The van der Waals surface area contributed by atoms with Crippen molar-refractivity contribution in [3.8, 4) is 5.69 Å². The highest BCUT2D eigenvalue weighted by Crippen LogP contribution is 2.38. The molecule has 1 saturated carbocycles. The van der Waals surface area contributed by atoms with Gasteiger partial charge in [0.1, 0.15) is 0 Å². The van der Waals surface area contributed by atoms with Crippen molar-refractivity contribution in [3.63, 3.8) is 0 Å². The molecule has 1 aliphatic rings. The molecule has 7 heteroatoms. The summed E-state index contributed by atoms with van der Waals surface area (Å²) in [5, 5.41) is 3.02. The molecule has 1 heterocycles. The predicted octanol–water partition coefficient (Wildman–Crippen LogP) is 3.95. The summed E-state index contributed by atoms with van der Waals surface area (Å²) in [6.45, 7) is 0.593. The maximum Gasteiger partial charge on any atom is 0.224 e. The Hall–Kier alpha value is -1.56. The van der Waals surface area contributed by atoms with E-state index in [0.717, 1.165) is 24.2 Å². The van der Waals surface area contributed by atoms with Gasteiger partial charge in [0.2, 0.25) is 5.91 Å².